The zero-order valence-electron chi connectivity index (χ0n) is 19.1. The van der Waals surface area contributed by atoms with Gasteiger partial charge in [-0.05, 0) is 75.6 Å². The summed E-state index contributed by atoms with van der Waals surface area (Å²) < 4.78 is 20.1. The minimum Gasteiger partial charge on any atom is -0.490 e. The maximum Gasteiger partial charge on any atom is 0.250 e. The van der Waals surface area contributed by atoms with Gasteiger partial charge in [0.25, 0.3) is 0 Å². The lowest BCUT2D eigenvalue weighted by Crippen LogP contribution is -2.31. The Morgan fingerprint density at radius 2 is 1.76 bits per heavy atom. The highest BCUT2D eigenvalue weighted by Crippen LogP contribution is 2.24. The van der Waals surface area contributed by atoms with Crippen molar-refractivity contribution in [3.05, 3.63) is 58.3 Å². The molecular formula is C24H27BrFN7O. The second-order valence-electron chi connectivity index (χ2n) is 8.18. The average Bonchev–Trinajstić information content (AvgIpc) is 2.82. The normalized spacial score (nSPS) is 14.0. The van der Waals surface area contributed by atoms with E-state index >= 15 is 0 Å². The number of anilines is 4. The van der Waals surface area contributed by atoms with Gasteiger partial charge in [-0.15, -0.1) is 0 Å². The van der Waals surface area contributed by atoms with E-state index in [1.807, 2.05) is 32.0 Å². The van der Waals surface area contributed by atoms with Gasteiger partial charge < -0.3 is 15.0 Å². The lowest BCUT2D eigenvalue weighted by atomic mass is 10.1. The van der Waals surface area contributed by atoms with Crippen molar-refractivity contribution in [2.75, 3.05) is 28.7 Å². The molecule has 0 amide bonds. The smallest absolute Gasteiger partial charge is 0.250 e. The number of piperidine rings is 1. The maximum atomic E-state index is 13.3. The highest BCUT2D eigenvalue weighted by atomic mass is 79.9. The molecule has 0 bridgehead atoms. The van der Waals surface area contributed by atoms with E-state index in [0.29, 0.717) is 23.5 Å². The SMILES string of the molecule is CC(C)Oc1ccc(Br)cc1/C=N/Nc1nc(Nc2ccc(F)cc2)nc(N2CCCCC2)n1. The largest absolute Gasteiger partial charge is 0.490 e. The summed E-state index contributed by atoms with van der Waals surface area (Å²) in [7, 11) is 0. The number of hydrogen-bond donors (Lipinski definition) is 2. The van der Waals surface area contributed by atoms with Crippen molar-refractivity contribution in [2.45, 2.75) is 39.2 Å². The molecule has 34 heavy (non-hydrogen) atoms. The summed E-state index contributed by atoms with van der Waals surface area (Å²) in [5.41, 5.74) is 4.41. The van der Waals surface area contributed by atoms with Crippen LogP contribution in [0.4, 0.5) is 27.9 Å². The number of halogens is 2. The molecule has 0 atom stereocenters. The Morgan fingerprint density at radius 1 is 1.03 bits per heavy atom. The summed E-state index contributed by atoms with van der Waals surface area (Å²) in [6.07, 6.45) is 5.09. The third-order valence-corrected chi connectivity index (χ3v) is 5.56. The van der Waals surface area contributed by atoms with Crippen LogP contribution in [0.5, 0.6) is 5.75 Å². The zero-order valence-corrected chi connectivity index (χ0v) is 20.7. The number of nitrogens with one attached hydrogen (secondary N) is 2. The molecule has 0 spiro atoms. The molecule has 2 heterocycles. The second-order valence-corrected chi connectivity index (χ2v) is 9.10. The molecule has 1 aromatic heterocycles. The molecule has 10 heteroatoms. The number of nitrogens with zero attached hydrogens (tertiary/aromatic N) is 5. The topological polar surface area (TPSA) is 87.6 Å². The van der Waals surface area contributed by atoms with E-state index in [1.54, 1.807) is 18.3 Å². The number of hydrazone groups is 1. The third kappa shape index (κ3) is 6.63. The van der Waals surface area contributed by atoms with Gasteiger partial charge in [0.15, 0.2) is 0 Å². The number of aromatic nitrogens is 3. The van der Waals surface area contributed by atoms with E-state index in [9.17, 15) is 4.39 Å². The van der Waals surface area contributed by atoms with Gasteiger partial charge in [-0.25, -0.2) is 9.82 Å². The minimum atomic E-state index is -0.305. The predicted octanol–water partition coefficient (Wildman–Crippen LogP) is 5.74. The van der Waals surface area contributed by atoms with Crippen molar-refractivity contribution in [1.82, 2.24) is 15.0 Å². The fourth-order valence-corrected chi connectivity index (χ4v) is 3.89. The average molecular weight is 528 g/mol. The number of ether oxygens (including phenoxy) is 1. The Bertz CT molecular complexity index is 1130. The molecule has 3 aromatic rings. The third-order valence-electron chi connectivity index (χ3n) is 5.07. The molecule has 1 fully saturated rings. The van der Waals surface area contributed by atoms with Gasteiger partial charge in [0, 0.05) is 28.8 Å². The molecule has 0 aliphatic carbocycles. The van der Waals surface area contributed by atoms with Crippen LogP contribution in [0, 0.1) is 5.82 Å². The fraction of sp³-hybridized carbons (Fsp3) is 0.333. The van der Waals surface area contributed by atoms with Crippen LogP contribution < -0.4 is 20.4 Å². The molecular weight excluding hydrogens is 501 g/mol. The van der Waals surface area contributed by atoms with Crippen LogP contribution in [0.25, 0.3) is 0 Å². The van der Waals surface area contributed by atoms with Crippen LogP contribution in [0.15, 0.2) is 52.0 Å². The lowest BCUT2D eigenvalue weighted by Gasteiger charge is -2.26. The Hall–Kier alpha value is -3.27. The van der Waals surface area contributed by atoms with E-state index < -0.39 is 0 Å². The number of hydrogen-bond acceptors (Lipinski definition) is 8. The minimum absolute atomic E-state index is 0.0389. The summed E-state index contributed by atoms with van der Waals surface area (Å²) in [6, 6.07) is 11.8. The predicted molar refractivity (Wildman–Crippen MR) is 137 cm³/mol. The lowest BCUT2D eigenvalue weighted by molar-refractivity contribution is 0.242. The summed E-state index contributed by atoms with van der Waals surface area (Å²) in [6.45, 7) is 5.72. The molecule has 4 rings (SSSR count). The second kappa shape index (κ2) is 11.2. The van der Waals surface area contributed by atoms with E-state index in [1.165, 1.54) is 18.6 Å². The van der Waals surface area contributed by atoms with Crippen molar-refractivity contribution < 1.29 is 9.13 Å². The van der Waals surface area contributed by atoms with Crippen LogP contribution in [0.2, 0.25) is 0 Å². The van der Waals surface area contributed by atoms with Crippen LogP contribution in [-0.4, -0.2) is 40.4 Å². The van der Waals surface area contributed by atoms with Crippen LogP contribution >= 0.6 is 15.9 Å². The summed E-state index contributed by atoms with van der Waals surface area (Å²) in [5, 5.41) is 7.47. The van der Waals surface area contributed by atoms with Gasteiger partial charge in [-0.2, -0.15) is 20.1 Å². The molecule has 0 saturated carbocycles. The Balaban J connectivity index is 1.57. The van der Waals surface area contributed by atoms with Crippen molar-refractivity contribution in [3.8, 4) is 5.75 Å². The van der Waals surface area contributed by atoms with E-state index in [-0.39, 0.29) is 11.9 Å². The Morgan fingerprint density at radius 3 is 2.50 bits per heavy atom. The Kier molecular flexibility index (Phi) is 7.89. The summed E-state index contributed by atoms with van der Waals surface area (Å²) >= 11 is 3.49. The molecule has 0 unspecified atom stereocenters. The maximum absolute atomic E-state index is 13.3. The molecule has 1 aliphatic rings. The highest BCUT2D eigenvalue weighted by Gasteiger charge is 2.16. The quantitative estimate of drug-likeness (QED) is 0.285. The monoisotopic (exact) mass is 527 g/mol. The van der Waals surface area contributed by atoms with Crippen molar-refractivity contribution in [3.63, 3.8) is 0 Å². The first-order valence-corrected chi connectivity index (χ1v) is 12.0. The van der Waals surface area contributed by atoms with Gasteiger partial charge in [-0.3, -0.25) is 0 Å². The fourth-order valence-electron chi connectivity index (χ4n) is 3.51. The van der Waals surface area contributed by atoms with Crippen LogP contribution in [0.3, 0.4) is 0 Å². The molecule has 2 N–H and O–H groups in total. The van der Waals surface area contributed by atoms with E-state index in [2.05, 4.69) is 51.6 Å². The van der Waals surface area contributed by atoms with Crippen molar-refractivity contribution >= 4 is 45.7 Å². The van der Waals surface area contributed by atoms with Gasteiger partial charge in [-0.1, -0.05) is 15.9 Å². The van der Waals surface area contributed by atoms with Crippen LogP contribution in [-0.2, 0) is 0 Å². The summed E-state index contributed by atoms with van der Waals surface area (Å²) in [5.74, 6) is 1.65. The zero-order chi connectivity index (χ0) is 23.9. The first kappa shape index (κ1) is 23.9. The van der Waals surface area contributed by atoms with Crippen LogP contribution in [0.1, 0.15) is 38.7 Å². The molecule has 8 nitrogen and oxygen atoms in total. The van der Waals surface area contributed by atoms with E-state index in [4.69, 9.17) is 4.74 Å². The molecule has 1 aliphatic heterocycles. The molecule has 0 radical (unpaired) electrons. The van der Waals surface area contributed by atoms with Gasteiger partial charge in [0.05, 0.1) is 12.3 Å². The molecule has 2 aromatic carbocycles. The van der Waals surface area contributed by atoms with Gasteiger partial charge >= 0.3 is 0 Å². The van der Waals surface area contributed by atoms with Crippen molar-refractivity contribution in [1.29, 1.82) is 0 Å². The number of rotatable bonds is 8. The van der Waals surface area contributed by atoms with Gasteiger partial charge in [0.1, 0.15) is 11.6 Å². The van der Waals surface area contributed by atoms with Gasteiger partial charge in [0.2, 0.25) is 17.8 Å². The Labute approximate surface area is 206 Å². The molecule has 1 saturated heterocycles. The first-order valence-electron chi connectivity index (χ1n) is 11.3. The first-order chi connectivity index (χ1) is 16.5. The summed E-state index contributed by atoms with van der Waals surface area (Å²) in [4.78, 5) is 15.7. The van der Waals surface area contributed by atoms with Crippen molar-refractivity contribution in [2.24, 2.45) is 5.10 Å². The molecule has 178 valence electrons. The standard InChI is InChI=1S/C24H27BrFN7O/c1-16(2)34-21-11-6-18(25)14-17(21)15-27-32-23-29-22(28-20-9-7-19(26)8-10-20)30-24(31-23)33-12-4-3-5-13-33/h6-11,14-16H,3-5,12-13H2,1-2H3,(H2,28,29,30,31,32)/b27-15+. The number of benzene rings is 2. The highest BCUT2D eigenvalue weighted by molar-refractivity contribution is 9.10. The van der Waals surface area contributed by atoms with E-state index in [0.717, 1.165) is 41.7 Å².